The first kappa shape index (κ1) is 15.4. The van der Waals surface area contributed by atoms with E-state index in [9.17, 15) is 4.79 Å². The molecule has 0 radical (unpaired) electrons. The van der Waals surface area contributed by atoms with E-state index in [-0.39, 0.29) is 22.1 Å². The first-order valence-electron chi connectivity index (χ1n) is 7.86. The van der Waals surface area contributed by atoms with Crippen molar-refractivity contribution in [1.82, 2.24) is 35.0 Å². The van der Waals surface area contributed by atoms with E-state index in [1.165, 1.54) is 4.52 Å². The Kier molecular flexibility index (Phi) is 3.03. The summed E-state index contributed by atoms with van der Waals surface area (Å²) < 4.78 is 1.50. The maximum Gasteiger partial charge on any atom is 0.276 e. The van der Waals surface area contributed by atoms with Crippen LogP contribution in [0.25, 0.3) is 38.8 Å². The van der Waals surface area contributed by atoms with Gasteiger partial charge in [-0.2, -0.15) is 5.10 Å². The summed E-state index contributed by atoms with van der Waals surface area (Å²) in [5, 5.41) is 18.7. The summed E-state index contributed by atoms with van der Waals surface area (Å²) in [6.45, 7) is 0. The third kappa shape index (κ3) is 2.05. The summed E-state index contributed by atoms with van der Waals surface area (Å²) in [6, 6.07) is 9.44. The van der Waals surface area contributed by atoms with Crippen LogP contribution in [0.5, 0.6) is 0 Å². The SMILES string of the molecule is NC(=S)c1nnc2c3c(-c4ccccc4)c4c(=O)[nH]nc4nc3[nH]n2c1N. The van der Waals surface area contributed by atoms with Crippen LogP contribution in [0.1, 0.15) is 5.69 Å². The van der Waals surface area contributed by atoms with E-state index in [1.807, 2.05) is 30.3 Å². The van der Waals surface area contributed by atoms with Gasteiger partial charge in [0.2, 0.25) is 0 Å². The largest absolute Gasteiger partial charge is 0.388 e. The molecule has 6 N–H and O–H groups in total. The van der Waals surface area contributed by atoms with Crippen LogP contribution >= 0.6 is 12.2 Å². The van der Waals surface area contributed by atoms with Crippen molar-refractivity contribution in [3.63, 3.8) is 0 Å². The van der Waals surface area contributed by atoms with E-state index < -0.39 is 0 Å². The molecule has 5 aromatic rings. The number of benzene rings is 1. The van der Waals surface area contributed by atoms with Crippen LogP contribution in [-0.4, -0.2) is 40.0 Å². The highest BCUT2D eigenvalue weighted by molar-refractivity contribution is 7.80. The molecule has 0 unspecified atom stereocenters. The molecule has 4 aromatic heterocycles. The molecule has 5 rings (SSSR count). The number of anilines is 1. The second-order valence-corrected chi connectivity index (χ2v) is 6.34. The topological polar surface area (TPSA) is 157 Å². The van der Waals surface area contributed by atoms with E-state index in [1.54, 1.807) is 0 Å². The minimum atomic E-state index is -0.335. The fraction of sp³-hybridized carbons (Fsp3) is 0. The monoisotopic (exact) mass is 377 g/mol. The number of aromatic nitrogens is 7. The van der Waals surface area contributed by atoms with E-state index in [2.05, 4.69) is 30.5 Å². The Labute approximate surface area is 155 Å². The van der Waals surface area contributed by atoms with Gasteiger partial charge in [0.15, 0.2) is 28.5 Å². The van der Waals surface area contributed by atoms with Gasteiger partial charge in [0.1, 0.15) is 4.99 Å². The fourth-order valence-corrected chi connectivity index (χ4v) is 3.34. The normalized spacial score (nSPS) is 11.6. The van der Waals surface area contributed by atoms with E-state index in [0.29, 0.717) is 33.3 Å². The number of H-pyrrole nitrogens is 2. The number of nitrogen functional groups attached to an aromatic ring is 1. The highest BCUT2D eigenvalue weighted by atomic mass is 32.1. The molecule has 0 saturated heterocycles. The molecule has 27 heavy (non-hydrogen) atoms. The average Bonchev–Trinajstić information content (AvgIpc) is 3.22. The Morgan fingerprint density at radius 1 is 1.15 bits per heavy atom. The summed E-state index contributed by atoms with van der Waals surface area (Å²) in [4.78, 5) is 16.9. The van der Waals surface area contributed by atoms with Gasteiger partial charge in [-0.25, -0.2) is 14.6 Å². The van der Waals surface area contributed by atoms with Crippen molar-refractivity contribution in [2.24, 2.45) is 5.73 Å². The lowest BCUT2D eigenvalue weighted by Crippen LogP contribution is -2.18. The minimum Gasteiger partial charge on any atom is -0.388 e. The molecule has 0 atom stereocenters. The number of thiocarbonyl (C=S) groups is 1. The second kappa shape index (κ2) is 5.32. The number of nitrogens with one attached hydrogen (secondary N) is 2. The van der Waals surface area contributed by atoms with E-state index in [4.69, 9.17) is 23.7 Å². The van der Waals surface area contributed by atoms with Crippen LogP contribution in [0, 0.1) is 0 Å². The summed E-state index contributed by atoms with van der Waals surface area (Å²) >= 11 is 4.97. The predicted octanol–water partition coefficient (Wildman–Crippen LogP) is 0.725. The van der Waals surface area contributed by atoms with Crippen LogP contribution in [0.2, 0.25) is 0 Å². The van der Waals surface area contributed by atoms with Gasteiger partial charge in [0.25, 0.3) is 5.56 Å². The number of fused-ring (bicyclic) bond motifs is 4. The lowest BCUT2D eigenvalue weighted by molar-refractivity contribution is 0.901. The van der Waals surface area contributed by atoms with E-state index in [0.717, 1.165) is 5.56 Å². The van der Waals surface area contributed by atoms with Gasteiger partial charge in [-0.05, 0) is 5.56 Å². The fourth-order valence-electron chi connectivity index (χ4n) is 3.19. The van der Waals surface area contributed by atoms with Crippen molar-refractivity contribution < 1.29 is 0 Å². The number of aromatic amines is 2. The third-order valence-corrected chi connectivity index (χ3v) is 4.54. The van der Waals surface area contributed by atoms with Crippen molar-refractivity contribution in [2.75, 3.05) is 5.73 Å². The van der Waals surface area contributed by atoms with Crippen molar-refractivity contribution in [3.05, 3.63) is 46.4 Å². The molecule has 1 aromatic carbocycles. The molecule has 0 amide bonds. The number of pyridine rings is 1. The highest BCUT2D eigenvalue weighted by Gasteiger charge is 2.22. The van der Waals surface area contributed by atoms with Gasteiger partial charge in [0.05, 0.1) is 10.8 Å². The molecule has 4 heterocycles. The number of rotatable bonds is 2. The molecule has 132 valence electrons. The molecule has 10 nitrogen and oxygen atoms in total. The Balaban J connectivity index is 2.05. The molecule has 0 aliphatic heterocycles. The quantitative estimate of drug-likeness (QED) is 0.328. The standard InChI is InChI=1S/C16H11N9OS/c17-11-10(12(18)27)20-22-15-8-7(6-4-2-1-3-5-6)9-13(21-23-16(9)26)19-14(8)24-25(11)15/h1-5H,17H2,(H2,18,27)(H,23,26)(H,19,21,24). The van der Waals surface area contributed by atoms with Crippen molar-refractivity contribution in [2.45, 2.75) is 0 Å². The molecular formula is C16H11N9OS. The van der Waals surface area contributed by atoms with Gasteiger partial charge in [-0.15, -0.1) is 10.2 Å². The first-order chi connectivity index (χ1) is 13.1. The molecule has 0 bridgehead atoms. The number of hydrogen-bond donors (Lipinski definition) is 4. The number of nitrogens with two attached hydrogens (primary N) is 2. The molecule has 0 saturated carbocycles. The van der Waals surface area contributed by atoms with Gasteiger partial charge in [-0.1, -0.05) is 42.5 Å². The smallest absolute Gasteiger partial charge is 0.276 e. The molecule has 0 aliphatic rings. The van der Waals surface area contributed by atoms with Gasteiger partial charge < -0.3 is 11.5 Å². The van der Waals surface area contributed by atoms with Crippen molar-refractivity contribution >= 4 is 50.7 Å². The van der Waals surface area contributed by atoms with Crippen molar-refractivity contribution in [1.29, 1.82) is 0 Å². The molecule has 0 aliphatic carbocycles. The highest BCUT2D eigenvalue weighted by Crippen LogP contribution is 2.34. The Hall–Kier alpha value is -3.86. The zero-order valence-corrected chi connectivity index (χ0v) is 14.4. The summed E-state index contributed by atoms with van der Waals surface area (Å²) in [5.74, 6) is 0.200. The van der Waals surface area contributed by atoms with Gasteiger partial charge >= 0.3 is 0 Å². The van der Waals surface area contributed by atoms with Crippen LogP contribution in [0.15, 0.2) is 35.1 Å². The number of nitrogens with zero attached hydrogens (tertiary/aromatic N) is 5. The minimum absolute atomic E-state index is 0.0289. The molecule has 0 fully saturated rings. The van der Waals surface area contributed by atoms with Crippen LogP contribution in [0.3, 0.4) is 0 Å². The zero-order chi connectivity index (χ0) is 18.7. The van der Waals surface area contributed by atoms with Crippen LogP contribution in [0.4, 0.5) is 5.82 Å². The van der Waals surface area contributed by atoms with Crippen molar-refractivity contribution in [3.8, 4) is 11.1 Å². The summed E-state index contributed by atoms with van der Waals surface area (Å²) in [5.41, 5.74) is 14.3. The lowest BCUT2D eigenvalue weighted by atomic mass is 10.0. The van der Waals surface area contributed by atoms with E-state index >= 15 is 0 Å². The van der Waals surface area contributed by atoms with Gasteiger partial charge in [-0.3, -0.25) is 9.89 Å². The third-order valence-electron chi connectivity index (χ3n) is 4.35. The molecular weight excluding hydrogens is 366 g/mol. The average molecular weight is 377 g/mol. The zero-order valence-electron chi connectivity index (χ0n) is 13.6. The lowest BCUT2D eigenvalue weighted by Gasteiger charge is -2.05. The Morgan fingerprint density at radius 2 is 1.93 bits per heavy atom. The number of hydrogen-bond acceptors (Lipinski definition) is 7. The molecule has 0 spiro atoms. The summed E-state index contributed by atoms with van der Waals surface area (Å²) in [6.07, 6.45) is 0. The maximum atomic E-state index is 12.4. The van der Waals surface area contributed by atoms with Gasteiger partial charge in [0, 0.05) is 5.56 Å². The second-order valence-electron chi connectivity index (χ2n) is 5.90. The summed E-state index contributed by atoms with van der Waals surface area (Å²) in [7, 11) is 0. The van der Waals surface area contributed by atoms with Crippen LogP contribution in [-0.2, 0) is 0 Å². The predicted molar refractivity (Wildman–Crippen MR) is 104 cm³/mol. The maximum absolute atomic E-state index is 12.4. The Morgan fingerprint density at radius 3 is 2.67 bits per heavy atom. The van der Waals surface area contributed by atoms with Crippen LogP contribution < -0.4 is 17.0 Å². The first-order valence-corrected chi connectivity index (χ1v) is 8.27. The molecule has 11 heteroatoms. The Bertz CT molecular complexity index is 1430.